The summed E-state index contributed by atoms with van der Waals surface area (Å²) in [4.78, 5) is 10.5. The maximum atomic E-state index is 10.5. The molecule has 3 nitrogen and oxygen atoms in total. The quantitative estimate of drug-likeness (QED) is 0.179. The number of hydrogen-bond acceptors (Lipinski definition) is 3. The fourth-order valence-electron chi connectivity index (χ4n) is 1.32. The maximum absolute atomic E-state index is 10.5. The average Bonchev–Trinajstić information content (AvgIpc) is 2.31. The molecule has 0 aromatic heterocycles. The van der Waals surface area contributed by atoms with Crippen molar-refractivity contribution >= 4 is 6.29 Å². The van der Waals surface area contributed by atoms with Gasteiger partial charge in [0.15, 0.2) is 18.8 Å². The summed E-state index contributed by atoms with van der Waals surface area (Å²) in [6, 6.07) is 0. The molecule has 0 aliphatic carbocycles. The molecule has 0 bridgehead atoms. The third-order valence-electron chi connectivity index (χ3n) is 2.22. The van der Waals surface area contributed by atoms with Gasteiger partial charge in [0.25, 0.3) is 0 Å². The molecule has 94 valence electrons. The van der Waals surface area contributed by atoms with Crippen molar-refractivity contribution < 1.29 is 14.3 Å². The first-order valence-electron chi connectivity index (χ1n) is 6.21. The van der Waals surface area contributed by atoms with Gasteiger partial charge >= 0.3 is 0 Å². The van der Waals surface area contributed by atoms with E-state index in [1.807, 2.05) is 6.92 Å². The van der Waals surface area contributed by atoms with Crippen LogP contribution in [0.15, 0.2) is 11.8 Å². The lowest BCUT2D eigenvalue weighted by molar-refractivity contribution is -0.111. The summed E-state index contributed by atoms with van der Waals surface area (Å²) in [5.74, 6) is 0.369. The molecule has 0 aliphatic heterocycles. The smallest absolute Gasteiger partial charge is 0.189 e. The van der Waals surface area contributed by atoms with Crippen LogP contribution in [0.1, 0.15) is 52.4 Å². The molecule has 0 spiro atoms. The van der Waals surface area contributed by atoms with E-state index >= 15 is 0 Å². The van der Waals surface area contributed by atoms with E-state index in [4.69, 9.17) is 9.47 Å². The lowest BCUT2D eigenvalue weighted by Gasteiger charge is -2.06. The van der Waals surface area contributed by atoms with Crippen LogP contribution in [0.4, 0.5) is 0 Å². The van der Waals surface area contributed by atoms with Gasteiger partial charge in [0, 0.05) is 0 Å². The average molecular weight is 228 g/mol. The van der Waals surface area contributed by atoms with Crippen LogP contribution in [0, 0.1) is 0 Å². The van der Waals surface area contributed by atoms with E-state index in [1.165, 1.54) is 25.7 Å². The number of carbonyl (C=O) groups is 1. The normalized spacial score (nSPS) is 11.5. The fourth-order valence-corrected chi connectivity index (χ4v) is 1.32. The highest BCUT2D eigenvalue weighted by Crippen LogP contribution is 2.02. The van der Waals surface area contributed by atoms with E-state index in [-0.39, 0.29) is 6.79 Å². The van der Waals surface area contributed by atoms with Gasteiger partial charge in [-0.15, -0.1) is 0 Å². The molecule has 0 saturated carbocycles. The summed E-state index contributed by atoms with van der Waals surface area (Å²) in [7, 11) is 0. The third-order valence-corrected chi connectivity index (χ3v) is 2.22. The van der Waals surface area contributed by atoms with Crippen molar-refractivity contribution in [1.82, 2.24) is 0 Å². The van der Waals surface area contributed by atoms with Crippen LogP contribution in [0.2, 0.25) is 0 Å². The fraction of sp³-hybridized carbons (Fsp3) is 0.769. The summed E-state index contributed by atoms with van der Waals surface area (Å²) in [5, 5.41) is 0. The topological polar surface area (TPSA) is 35.5 Å². The minimum Gasteiger partial charge on any atom is -0.464 e. The summed E-state index contributed by atoms with van der Waals surface area (Å²) in [6.45, 7) is 5.05. The van der Waals surface area contributed by atoms with E-state index in [0.717, 1.165) is 12.8 Å². The minimum absolute atomic E-state index is 0.179. The molecule has 0 amide bonds. The van der Waals surface area contributed by atoms with Gasteiger partial charge in [-0.1, -0.05) is 39.5 Å². The Balaban J connectivity index is 3.26. The second kappa shape index (κ2) is 12.2. The number of aldehydes is 1. The Labute approximate surface area is 98.8 Å². The lowest BCUT2D eigenvalue weighted by Crippen LogP contribution is -2.02. The number of allylic oxidation sites excluding steroid dienone is 2. The van der Waals surface area contributed by atoms with Crippen molar-refractivity contribution in [3.8, 4) is 0 Å². The van der Waals surface area contributed by atoms with Gasteiger partial charge in [-0.05, 0) is 18.9 Å². The van der Waals surface area contributed by atoms with Crippen molar-refractivity contribution in [2.45, 2.75) is 52.4 Å². The molecular formula is C13H24O3. The van der Waals surface area contributed by atoms with E-state index in [2.05, 4.69) is 6.92 Å². The van der Waals surface area contributed by atoms with Crippen molar-refractivity contribution in [2.75, 3.05) is 13.4 Å². The number of rotatable bonds is 11. The van der Waals surface area contributed by atoms with Gasteiger partial charge < -0.3 is 9.47 Å². The molecule has 0 aromatic carbocycles. The Bertz CT molecular complexity index is 188. The number of hydrogen-bond donors (Lipinski definition) is 0. The van der Waals surface area contributed by atoms with Crippen LogP contribution in [0.5, 0.6) is 0 Å². The highest BCUT2D eigenvalue weighted by Gasteiger charge is 1.95. The third kappa shape index (κ3) is 9.71. The molecule has 3 heteroatoms. The number of ether oxygens (including phenoxy) is 2. The molecule has 0 aromatic rings. The molecule has 0 rings (SSSR count). The van der Waals surface area contributed by atoms with Crippen LogP contribution in [0.3, 0.4) is 0 Å². The van der Waals surface area contributed by atoms with Gasteiger partial charge in [0.1, 0.15) is 0 Å². The molecular weight excluding hydrogens is 204 g/mol. The van der Waals surface area contributed by atoms with Gasteiger partial charge in [0.2, 0.25) is 0 Å². The van der Waals surface area contributed by atoms with Gasteiger partial charge in [-0.25, -0.2) is 0 Å². The summed E-state index contributed by atoms with van der Waals surface area (Å²) in [6.07, 6.45) is 9.36. The molecule has 0 saturated heterocycles. The van der Waals surface area contributed by atoms with Crippen LogP contribution < -0.4 is 0 Å². The van der Waals surface area contributed by atoms with E-state index in [0.29, 0.717) is 18.7 Å². The SMILES string of the molecule is CC/C=C(\C=O)OCOCCCCCCC. The molecule has 0 N–H and O–H groups in total. The lowest BCUT2D eigenvalue weighted by atomic mass is 10.2. The maximum Gasteiger partial charge on any atom is 0.189 e. The number of unbranched alkanes of at least 4 members (excludes halogenated alkanes) is 4. The Hall–Kier alpha value is -0.830. The molecule has 0 fully saturated rings. The molecule has 0 heterocycles. The Morgan fingerprint density at radius 2 is 1.88 bits per heavy atom. The van der Waals surface area contributed by atoms with Crippen LogP contribution >= 0.6 is 0 Å². The standard InChI is InChI=1S/C13H24O3/c1-3-5-6-7-8-10-15-12-16-13(11-14)9-4-2/h9,11H,3-8,10,12H2,1-2H3/b13-9+. The summed E-state index contributed by atoms with van der Waals surface area (Å²) < 4.78 is 10.4. The van der Waals surface area contributed by atoms with Crippen LogP contribution in [-0.2, 0) is 14.3 Å². The molecule has 0 aliphatic rings. The second-order valence-electron chi connectivity index (χ2n) is 3.72. The summed E-state index contributed by atoms with van der Waals surface area (Å²) in [5.41, 5.74) is 0. The van der Waals surface area contributed by atoms with Gasteiger partial charge in [-0.2, -0.15) is 0 Å². The van der Waals surface area contributed by atoms with Crippen molar-refractivity contribution in [3.63, 3.8) is 0 Å². The first kappa shape index (κ1) is 15.2. The molecule has 0 unspecified atom stereocenters. The molecule has 0 radical (unpaired) electrons. The van der Waals surface area contributed by atoms with E-state index in [1.54, 1.807) is 6.08 Å². The van der Waals surface area contributed by atoms with Crippen molar-refractivity contribution in [1.29, 1.82) is 0 Å². The van der Waals surface area contributed by atoms with E-state index in [9.17, 15) is 4.79 Å². The Kier molecular flexibility index (Phi) is 11.6. The zero-order valence-corrected chi connectivity index (χ0v) is 10.5. The van der Waals surface area contributed by atoms with E-state index < -0.39 is 0 Å². The van der Waals surface area contributed by atoms with Crippen molar-refractivity contribution in [3.05, 3.63) is 11.8 Å². The second-order valence-corrected chi connectivity index (χ2v) is 3.72. The molecule has 0 atom stereocenters. The van der Waals surface area contributed by atoms with Crippen LogP contribution in [0.25, 0.3) is 0 Å². The summed E-state index contributed by atoms with van der Waals surface area (Å²) >= 11 is 0. The van der Waals surface area contributed by atoms with Crippen LogP contribution in [-0.4, -0.2) is 19.7 Å². The zero-order valence-electron chi connectivity index (χ0n) is 10.5. The largest absolute Gasteiger partial charge is 0.464 e. The molecule has 16 heavy (non-hydrogen) atoms. The first-order valence-corrected chi connectivity index (χ1v) is 6.21. The highest BCUT2D eigenvalue weighted by atomic mass is 16.7. The monoisotopic (exact) mass is 228 g/mol. The minimum atomic E-state index is 0.179. The zero-order chi connectivity index (χ0) is 12.1. The predicted molar refractivity (Wildman–Crippen MR) is 65.1 cm³/mol. The highest BCUT2D eigenvalue weighted by molar-refractivity contribution is 5.69. The Morgan fingerprint density at radius 3 is 2.50 bits per heavy atom. The Morgan fingerprint density at radius 1 is 1.12 bits per heavy atom. The van der Waals surface area contributed by atoms with Gasteiger partial charge in [0.05, 0.1) is 6.61 Å². The van der Waals surface area contributed by atoms with Gasteiger partial charge in [-0.3, -0.25) is 4.79 Å². The number of carbonyl (C=O) groups excluding carboxylic acids is 1. The first-order chi connectivity index (χ1) is 7.85. The van der Waals surface area contributed by atoms with Crippen molar-refractivity contribution in [2.24, 2.45) is 0 Å². The predicted octanol–water partition coefficient (Wildman–Crippen LogP) is 3.44.